The average molecular weight is 815 g/mol. The quantitative estimate of drug-likeness (QED) is 0.0741. The molecule has 58 heavy (non-hydrogen) atoms. The molecule has 1 atom stereocenters. The Hall–Kier alpha value is -4.73. The van der Waals surface area contributed by atoms with Gasteiger partial charge < -0.3 is 24.1 Å². The van der Waals surface area contributed by atoms with E-state index < -0.39 is 5.97 Å². The Labute approximate surface area is 351 Å². The monoisotopic (exact) mass is 815 g/mol. The summed E-state index contributed by atoms with van der Waals surface area (Å²) in [5.74, 6) is -0.415. The molecule has 0 aliphatic heterocycles. The van der Waals surface area contributed by atoms with Crippen molar-refractivity contribution in [3.05, 3.63) is 90.6 Å². The number of hydrogen-bond acceptors (Lipinski definition) is 9. The van der Waals surface area contributed by atoms with Crippen LogP contribution in [-0.2, 0) is 43.6 Å². The Morgan fingerprint density at radius 3 is 1.31 bits per heavy atom. The largest absolute Gasteiger partial charge is 0.478 e. The van der Waals surface area contributed by atoms with Gasteiger partial charge in [-0.3, -0.25) is 0 Å². The van der Waals surface area contributed by atoms with E-state index in [9.17, 15) is 24.0 Å². The van der Waals surface area contributed by atoms with Crippen LogP contribution >= 0.6 is 0 Å². The van der Waals surface area contributed by atoms with Crippen LogP contribution in [0, 0.1) is 17.8 Å². The highest BCUT2D eigenvalue weighted by Gasteiger charge is 2.22. The van der Waals surface area contributed by atoms with E-state index in [1.165, 1.54) is 25.3 Å². The highest BCUT2D eigenvalue weighted by molar-refractivity contribution is 5.89. The molecule has 1 unspecified atom stereocenters. The molecule has 330 valence electrons. The van der Waals surface area contributed by atoms with E-state index in [1.54, 1.807) is 53.7 Å². The number of hydrogen-bond donors (Lipinski definition) is 1. The van der Waals surface area contributed by atoms with Gasteiger partial charge in [-0.25, -0.2) is 24.0 Å². The number of rotatable bonds is 16. The molecule has 0 amide bonds. The second-order valence-electron chi connectivity index (χ2n) is 16.2. The predicted molar refractivity (Wildman–Crippen MR) is 238 cm³/mol. The van der Waals surface area contributed by atoms with Crippen molar-refractivity contribution >= 4 is 29.8 Å². The van der Waals surface area contributed by atoms with Crippen LogP contribution in [0.5, 0.6) is 5.75 Å². The Balaban J connectivity index is -0.000000325. The third-order valence-corrected chi connectivity index (χ3v) is 7.58. The molecule has 0 aliphatic rings. The zero-order valence-corrected chi connectivity index (χ0v) is 38.9. The standard InChI is InChI=1S/C14H18O2.C12H22O2.C11H20O2.C7H12O2.C4H6O2/c1-10(2)13(15)16-12-8-6-11(7-9-12)14(3,4)5;1-5-7-8-11(6-2)9-14-12(13)10(3)4;1-7(2)10(8(3)4)13-11(12)9(5)6;1-5(2)7(8)9-6(3)4;1-3(2)4(5)6/h6-9H,1H2,2-5H3;11H,3,5-9H2,1-2,4H3;7-8,10H,5H2,1-4,6H3;6H,1H2,2-4H3;1H2,2H3,(H,5,6). The summed E-state index contributed by atoms with van der Waals surface area (Å²) in [7, 11) is 0. The Morgan fingerprint density at radius 1 is 0.638 bits per heavy atom. The lowest BCUT2D eigenvalue weighted by molar-refractivity contribution is -0.149. The lowest BCUT2D eigenvalue weighted by Gasteiger charge is -2.24. The lowest BCUT2D eigenvalue weighted by atomic mass is 9.87. The summed E-state index contributed by atoms with van der Waals surface area (Å²) in [5, 5.41) is 7.89. The molecule has 10 nitrogen and oxygen atoms in total. The lowest BCUT2D eigenvalue weighted by Crippen LogP contribution is -2.28. The van der Waals surface area contributed by atoms with Gasteiger partial charge in [-0.05, 0) is 95.8 Å². The fraction of sp³-hybridized carbons (Fsp3) is 0.562. The first-order valence-electron chi connectivity index (χ1n) is 19.9. The molecule has 0 bridgehead atoms. The maximum Gasteiger partial charge on any atom is 0.338 e. The summed E-state index contributed by atoms with van der Waals surface area (Å²) in [4.78, 5) is 53.9. The topological polar surface area (TPSA) is 142 Å². The number of unbranched alkanes of at least 4 members (excludes halogenated alkanes) is 1. The summed E-state index contributed by atoms with van der Waals surface area (Å²) in [6.45, 7) is 48.4. The first kappa shape index (κ1) is 60.0. The van der Waals surface area contributed by atoms with Gasteiger partial charge in [0.2, 0.25) is 0 Å². The second kappa shape index (κ2) is 32.3. The SMILES string of the molecule is C=C(C)C(=O)O.C=C(C)C(=O)OC(C(C)C)C(C)C.C=C(C)C(=O)OC(C)C.C=C(C)C(=O)OCC(CC)CCCC.C=C(C)C(=O)Oc1ccc(C(C)(C)C)cc1. The summed E-state index contributed by atoms with van der Waals surface area (Å²) >= 11 is 0. The van der Waals surface area contributed by atoms with E-state index in [-0.39, 0.29) is 47.1 Å². The maximum atomic E-state index is 11.3. The zero-order chi connectivity index (χ0) is 46.5. The number of carboxylic acid groups (broad SMARTS) is 1. The molecule has 0 saturated carbocycles. The summed E-state index contributed by atoms with van der Waals surface area (Å²) in [6.07, 6.45) is 4.58. The van der Waals surface area contributed by atoms with Crippen molar-refractivity contribution in [2.75, 3.05) is 6.61 Å². The van der Waals surface area contributed by atoms with E-state index in [2.05, 4.69) is 95.2 Å². The van der Waals surface area contributed by atoms with Crippen LogP contribution < -0.4 is 4.74 Å². The summed E-state index contributed by atoms with van der Waals surface area (Å²) < 4.78 is 20.3. The molecule has 1 aromatic rings. The van der Waals surface area contributed by atoms with Crippen LogP contribution in [0.4, 0.5) is 0 Å². The molecule has 0 radical (unpaired) electrons. The minimum Gasteiger partial charge on any atom is -0.478 e. The van der Waals surface area contributed by atoms with Gasteiger partial charge in [0.15, 0.2) is 0 Å². The Morgan fingerprint density at radius 2 is 1.03 bits per heavy atom. The fourth-order valence-electron chi connectivity index (χ4n) is 4.01. The van der Waals surface area contributed by atoms with Crippen LogP contribution in [-0.4, -0.2) is 53.8 Å². The van der Waals surface area contributed by atoms with Gasteiger partial charge in [0.05, 0.1) is 12.7 Å². The molecule has 0 spiro atoms. The van der Waals surface area contributed by atoms with Gasteiger partial charge in [-0.2, -0.15) is 0 Å². The molecule has 0 saturated heterocycles. The third kappa shape index (κ3) is 33.4. The molecule has 0 heterocycles. The summed E-state index contributed by atoms with van der Waals surface area (Å²) in [6, 6.07) is 7.56. The highest BCUT2D eigenvalue weighted by Crippen LogP contribution is 2.24. The predicted octanol–water partition coefficient (Wildman–Crippen LogP) is 11.7. The molecule has 1 aromatic carbocycles. The van der Waals surface area contributed by atoms with Crippen LogP contribution in [0.25, 0.3) is 0 Å². The number of carbonyl (C=O) groups is 5. The minimum atomic E-state index is -0.935. The third-order valence-electron chi connectivity index (χ3n) is 7.58. The number of carboxylic acids is 1. The molecular formula is C48H78O10. The molecule has 10 heteroatoms. The van der Waals surface area contributed by atoms with Crippen molar-refractivity contribution in [3.8, 4) is 5.75 Å². The smallest absolute Gasteiger partial charge is 0.338 e. The molecule has 1 N–H and O–H groups in total. The van der Waals surface area contributed by atoms with E-state index in [4.69, 9.17) is 24.1 Å². The number of benzene rings is 1. The zero-order valence-electron chi connectivity index (χ0n) is 38.9. The molecule has 1 rings (SSSR count). The normalized spacial score (nSPS) is 10.7. The minimum absolute atomic E-state index is 0.0100. The number of ether oxygens (including phenoxy) is 4. The van der Waals surface area contributed by atoms with Gasteiger partial charge in [0.1, 0.15) is 11.9 Å². The van der Waals surface area contributed by atoms with E-state index in [0.29, 0.717) is 52.4 Å². The molecular weight excluding hydrogens is 737 g/mol. The number of carbonyl (C=O) groups excluding carboxylic acids is 4. The van der Waals surface area contributed by atoms with Gasteiger partial charge in [-0.1, -0.05) is 127 Å². The van der Waals surface area contributed by atoms with Crippen molar-refractivity contribution in [2.24, 2.45) is 17.8 Å². The first-order valence-corrected chi connectivity index (χ1v) is 19.9. The van der Waals surface area contributed by atoms with Crippen LogP contribution in [0.15, 0.2) is 85.0 Å². The van der Waals surface area contributed by atoms with Crippen molar-refractivity contribution < 1.29 is 48.0 Å². The van der Waals surface area contributed by atoms with Crippen LogP contribution in [0.1, 0.15) is 142 Å². The Kier molecular flexibility index (Phi) is 33.3. The molecule has 0 aromatic heterocycles. The van der Waals surface area contributed by atoms with Gasteiger partial charge in [0, 0.05) is 27.9 Å². The van der Waals surface area contributed by atoms with E-state index >= 15 is 0 Å². The van der Waals surface area contributed by atoms with Crippen molar-refractivity contribution in [3.63, 3.8) is 0 Å². The van der Waals surface area contributed by atoms with Crippen molar-refractivity contribution in [2.45, 2.75) is 154 Å². The van der Waals surface area contributed by atoms with Crippen molar-refractivity contribution in [1.29, 1.82) is 0 Å². The van der Waals surface area contributed by atoms with Gasteiger partial charge >= 0.3 is 29.8 Å². The van der Waals surface area contributed by atoms with Gasteiger partial charge in [0.25, 0.3) is 0 Å². The molecule has 0 aliphatic carbocycles. The number of esters is 4. The van der Waals surface area contributed by atoms with Gasteiger partial charge in [-0.15, -0.1) is 0 Å². The van der Waals surface area contributed by atoms with E-state index in [0.717, 1.165) is 12.8 Å². The van der Waals surface area contributed by atoms with Crippen LogP contribution in [0.3, 0.4) is 0 Å². The Bertz CT molecular complexity index is 1450. The molecule has 0 fully saturated rings. The summed E-state index contributed by atoms with van der Waals surface area (Å²) in [5.41, 5.74) is 3.29. The first-order chi connectivity index (χ1) is 26.5. The van der Waals surface area contributed by atoms with Crippen LogP contribution in [0.2, 0.25) is 0 Å². The highest BCUT2D eigenvalue weighted by atomic mass is 16.6. The average Bonchev–Trinajstić information content (AvgIpc) is 3.10. The van der Waals surface area contributed by atoms with E-state index in [1.807, 2.05) is 12.1 Å². The number of aliphatic carboxylic acids is 1. The second-order valence-corrected chi connectivity index (χ2v) is 16.2. The maximum absolute atomic E-state index is 11.3. The fourth-order valence-corrected chi connectivity index (χ4v) is 4.01. The van der Waals surface area contributed by atoms with Crippen molar-refractivity contribution in [1.82, 2.24) is 0 Å².